The van der Waals surface area contributed by atoms with E-state index in [1.54, 1.807) is 24.5 Å². The van der Waals surface area contributed by atoms with Crippen molar-refractivity contribution in [3.05, 3.63) is 30.1 Å². The number of hydrogen-bond acceptors (Lipinski definition) is 5. The summed E-state index contributed by atoms with van der Waals surface area (Å²) in [6.45, 7) is 1.03. The Morgan fingerprint density at radius 1 is 1.12 bits per heavy atom. The molecule has 7 nitrogen and oxygen atoms in total. The molecule has 2 amide bonds. The number of carbonyl (C=O) groups is 2. The summed E-state index contributed by atoms with van der Waals surface area (Å²) in [6.07, 6.45) is 8.33. The topological polar surface area (TPSA) is 89.6 Å². The first-order chi connectivity index (χ1) is 11.7. The van der Waals surface area contributed by atoms with Gasteiger partial charge in [0.1, 0.15) is 6.10 Å². The highest BCUT2D eigenvalue weighted by Gasteiger charge is 2.42. The molecule has 1 aromatic rings. The second-order valence-electron chi connectivity index (χ2n) is 6.27. The summed E-state index contributed by atoms with van der Waals surface area (Å²) in [5, 5.41) is 5.19. The fourth-order valence-corrected chi connectivity index (χ4v) is 3.12. The van der Waals surface area contributed by atoms with Gasteiger partial charge in [0.25, 0.3) is 0 Å². The van der Waals surface area contributed by atoms with E-state index in [1.165, 1.54) is 6.42 Å². The van der Waals surface area contributed by atoms with Crippen molar-refractivity contribution < 1.29 is 19.1 Å². The minimum Gasteiger partial charge on any atom is -0.347 e. The Morgan fingerprint density at radius 3 is 2.58 bits per heavy atom. The van der Waals surface area contributed by atoms with E-state index < -0.39 is 17.6 Å². The number of hydrogen-bond donors (Lipinski definition) is 2. The first-order valence-corrected chi connectivity index (χ1v) is 8.44. The Bertz CT molecular complexity index is 572. The third kappa shape index (κ3) is 4.30. The number of rotatable bonds is 4. The standard InChI is InChI=1S/C17H23N3O4/c21-15(19-10-13-4-8-18-9-5-13)16(22)20-11-14-12-23-17(24-14)6-2-1-3-7-17/h4-5,8-9,14H,1-3,6-7,10-12H2,(H,19,21)(H,20,22)/t14-/m0/s1. The largest absolute Gasteiger partial charge is 0.347 e. The molecule has 3 rings (SSSR count). The second kappa shape index (κ2) is 7.72. The highest BCUT2D eigenvalue weighted by Crippen LogP contribution is 2.37. The lowest BCUT2D eigenvalue weighted by molar-refractivity contribution is -0.186. The van der Waals surface area contributed by atoms with Crippen LogP contribution in [0.15, 0.2) is 24.5 Å². The van der Waals surface area contributed by atoms with Crippen LogP contribution in [0, 0.1) is 0 Å². The minimum absolute atomic E-state index is 0.194. The second-order valence-corrected chi connectivity index (χ2v) is 6.27. The fraction of sp³-hybridized carbons (Fsp3) is 0.588. The summed E-state index contributed by atoms with van der Waals surface area (Å²) < 4.78 is 11.8. The van der Waals surface area contributed by atoms with E-state index in [4.69, 9.17) is 9.47 Å². The molecule has 24 heavy (non-hydrogen) atoms. The smallest absolute Gasteiger partial charge is 0.309 e. The zero-order valence-corrected chi connectivity index (χ0v) is 13.6. The van der Waals surface area contributed by atoms with E-state index >= 15 is 0 Å². The molecule has 0 aromatic carbocycles. The Labute approximate surface area is 141 Å². The minimum atomic E-state index is -0.655. The monoisotopic (exact) mass is 333 g/mol. The maximum absolute atomic E-state index is 11.9. The predicted molar refractivity (Wildman–Crippen MR) is 85.7 cm³/mol. The van der Waals surface area contributed by atoms with Gasteiger partial charge in [-0.15, -0.1) is 0 Å². The van der Waals surface area contributed by atoms with Crippen LogP contribution in [0.3, 0.4) is 0 Å². The number of carbonyl (C=O) groups excluding carboxylic acids is 2. The quantitative estimate of drug-likeness (QED) is 0.799. The summed E-state index contributed by atoms with van der Waals surface area (Å²) >= 11 is 0. The van der Waals surface area contributed by atoms with Gasteiger partial charge in [0.2, 0.25) is 0 Å². The van der Waals surface area contributed by atoms with Gasteiger partial charge < -0.3 is 20.1 Å². The molecule has 1 saturated heterocycles. The van der Waals surface area contributed by atoms with E-state index in [-0.39, 0.29) is 12.6 Å². The van der Waals surface area contributed by atoms with E-state index in [0.717, 1.165) is 31.2 Å². The van der Waals surface area contributed by atoms with Gasteiger partial charge >= 0.3 is 11.8 Å². The number of amides is 2. The molecule has 2 N–H and O–H groups in total. The predicted octanol–water partition coefficient (Wildman–Crippen LogP) is 0.890. The SMILES string of the molecule is O=C(NCc1ccncc1)C(=O)NC[C@H]1COC2(CCCCC2)O1. The zero-order chi connectivity index (χ0) is 16.8. The number of ether oxygens (including phenoxy) is 2. The number of aromatic nitrogens is 1. The average Bonchev–Trinajstić information content (AvgIpc) is 3.01. The summed E-state index contributed by atoms with van der Waals surface area (Å²) in [5.41, 5.74) is 0.887. The fourth-order valence-electron chi connectivity index (χ4n) is 3.12. The van der Waals surface area contributed by atoms with Crippen LogP contribution in [0.4, 0.5) is 0 Å². The van der Waals surface area contributed by atoms with Crippen LogP contribution in [0.25, 0.3) is 0 Å². The average molecular weight is 333 g/mol. The Kier molecular flexibility index (Phi) is 5.42. The maximum Gasteiger partial charge on any atom is 0.309 e. The Balaban J connectivity index is 1.38. The Hall–Kier alpha value is -1.99. The van der Waals surface area contributed by atoms with Crippen molar-refractivity contribution >= 4 is 11.8 Å². The van der Waals surface area contributed by atoms with Crippen LogP contribution in [-0.2, 0) is 25.6 Å². The summed E-state index contributed by atoms with van der Waals surface area (Å²) in [5.74, 6) is -1.77. The van der Waals surface area contributed by atoms with E-state index in [9.17, 15) is 9.59 Å². The molecule has 0 unspecified atom stereocenters. The molecule has 130 valence electrons. The van der Waals surface area contributed by atoms with Gasteiger partial charge in [-0.25, -0.2) is 0 Å². The van der Waals surface area contributed by atoms with Gasteiger partial charge in [-0.05, 0) is 30.5 Å². The van der Waals surface area contributed by atoms with Crippen molar-refractivity contribution in [2.24, 2.45) is 0 Å². The molecule has 1 saturated carbocycles. The molecule has 1 aromatic heterocycles. The first-order valence-electron chi connectivity index (χ1n) is 8.44. The number of nitrogens with zero attached hydrogens (tertiary/aromatic N) is 1. The van der Waals surface area contributed by atoms with Crippen LogP contribution < -0.4 is 10.6 Å². The van der Waals surface area contributed by atoms with Crippen LogP contribution >= 0.6 is 0 Å². The van der Waals surface area contributed by atoms with Gasteiger partial charge in [0.05, 0.1) is 6.61 Å². The molecule has 7 heteroatoms. The van der Waals surface area contributed by atoms with Crippen LogP contribution in [-0.4, -0.2) is 41.8 Å². The first kappa shape index (κ1) is 16.9. The van der Waals surface area contributed by atoms with Gasteiger partial charge in [0.15, 0.2) is 5.79 Å². The lowest BCUT2D eigenvalue weighted by Crippen LogP contribution is -2.43. The molecule has 0 radical (unpaired) electrons. The molecular weight excluding hydrogens is 310 g/mol. The molecular formula is C17H23N3O4. The van der Waals surface area contributed by atoms with Crippen molar-refractivity contribution in [2.45, 2.75) is 50.5 Å². The highest BCUT2D eigenvalue weighted by molar-refractivity contribution is 6.35. The van der Waals surface area contributed by atoms with Crippen molar-refractivity contribution in [1.29, 1.82) is 0 Å². The third-order valence-corrected chi connectivity index (χ3v) is 4.43. The van der Waals surface area contributed by atoms with E-state index in [2.05, 4.69) is 15.6 Å². The Morgan fingerprint density at radius 2 is 1.83 bits per heavy atom. The summed E-state index contributed by atoms with van der Waals surface area (Å²) in [6, 6.07) is 3.57. The van der Waals surface area contributed by atoms with Gasteiger partial charge in [-0.3, -0.25) is 14.6 Å². The van der Waals surface area contributed by atoms with Crippen molar-refractivity contribution in [2.75, 3.05) is 13.2 Å². The summed E-state index contributed by atoms with van der Waals surface area (Å²) in [4.78, 5) is 27.6. The van der Waals surface area contributed by atoms with Crippen molar-refractivity contribution in [1.82, 2.24) is 15.6 Å². The molecule has 2 fully saturated rings. The van der Waals surface area contributed by atoms with E-state index in [1.807, 2.05) is 0 Å². The van der Waals surface area contributed by atoms with Crippen LogP contribution in [0.5, 0.6) is 0 Å². The lowest BCUT2D eigenvalue weighted by atomic mass is 9.94. The van der Waals surface area contributed by atoms with Gasteiger partial charge in [-0.1, -0.05) is 6.42 Å². The van der Waals surface area contributed by atoms with E-state index in [0.29, 0.717) is 13.2 Å². The van der Waals surface area contributed by atoms with Gasteiger partial charge in [0, 0.05) is 38.3 Å². The molecule has 1 aliphatic carbocycles. The molecule has 0 bridgehead atoms. The number of pyridine rings is 1. The zero-order valence-electron chi connectivity index (χ0n) is 13.6. The number of nitrogens with one attached hydrogen (secondary N) is 2. The van der Waals surface area contributed by atoms with Crippen molar-refractivity contribution in [3.8, 4) is 0 Å². The third-order valence-electron chi connectivity index (χ3n) is 4.43. The van der Waals surface area contributed by atoms with Crippen LogP contribution in [0.1, 0.15) is 37.7 Å². The summed E-state index contributed by atoms with van der Waals surface area (Å²) in [7, 11) is 0. The lowest BCUT2D eigenvalue weighted by Gasteiger charge is -2.31. The normalized spacial score (nSPS) is 22.2. The molecule has 1 spiro atoms. The molecule has 1 aliphatic heterocycles. The van der Waals surface area contributed by atoms with Crippen LogP contribution in [0.2, 0.25) is 0 Å². The highest BCUT2D eigenvalue weighted by atomic mass is 16.7. The van der Waals surface area contributed by atoms with Crippen molar-refractivity contribution in [3.63, 3.8) is 0 Å². The van der Waals surface area contributed by atoms with Gasteiger partial charge in [-0.2, -0.15) is 0 Å². The molecule has 2 aliphatic rings. The maximum atomic E-state index is 11.9. The molecule has 2 heterocycles. The molecule has 1 atom stereocenters.